The number of hydrogen-bond acceptors (Lipinski definition) is 3. The van der Waals surface area contributed by atoms with Gasteiger partial charge >= 0.3 is 6.36 Å². The highest BCUT2D eigenvalue weighted by molar-refractivity contribution is 7.10. The van der Waals surface area contributed by atoms with E-state index in [4.69, 9.17) is 0 Å². The largest absolute Gasteiger partial charge is 0.573 e. The predicted molar refractivity (Wildman–Crippen MR) is 77.3 cm³/mol. The first-order valence-electron chi connectivity index (χ1n) is 6.43. The highest BCUT2D eigenvalue weighted by Crippen LogP contribution is 2.26. The van der Waals surface area contributed by atoms with Crippen LogP contribution in [0.1, 0.15) is 23.4 Å². The maximum Gasteiger partial charge on any atom is 0.573 e. The first-order valence-corrected chi connectivity index (χ1v) is 7.31. The molecular formula is C15H16F3NOS. The summed E-state index contributed by atoms with van der Waals surface area (Å²) in [5.41, 5.74) is 0.940. The number of halogens is 3. The Bertz CT molecular complexity index is 551. The van der Waals surface area contributed by atoms with E-state index in [1.165, 1.54) is 17.0 Å². The van der Waals surface area contributed by atoms with Crippen LogP contribution in [0.25, 0.3) is 0 Å². The van der Waals surface area contributed by atoms with Gasteiger partial charge in [0.1, 0.15) is 5.75 Å². The summed E-state index contributed by atoms with van der Waals surface area (Å²) in [6, 6.07) is 10.3. The minimum Gasteiger partial charge on any atom is -0.406 e. The van der Waals surface area contributed by atoms with Crippen molar-refractivity contribution in [2.75, 3.05) is 7.05 Å². The van der Waals surface area contributed by atoms with E-state index in [9.17, 15) is 13.2 Å². The van der Waals surface area contributed by atoms with Gasteiger partial charge in [-0.05, 0) is 43.1 Å². The van der Waals surface area contributed by atoms with Crippen LogP contribution in [0, 0.1) is 0 Å². The Morgan fingerprint density at radius 1 is 1.19 bits per heavy atom. The Morgan fingerprint density at radius 3 is 2.38 bits per heavy atom. The van der Waals surface area contributed by atoms with Gasteiger partial charge < -0.3 is 4.74 Å². The third kappa shape index (κ3) is 4.75. The monoisotopic (exact) mass is 315 g/mol. The summed E-state index contributed by atoms with van der Waals surface area (Å²) >= 11 is 1.69. The number of rotatable bonds is 5. The van der Waals surface area contributed by atoms with E-state index >= 15 is 0 Å². The standard InChI is InChI=1S/C15H16F3NOS/c1-11(14-4-3-9-21-14)19(2)10-12-5-7-13(8-6-12)20-15(16,17)18/h3-9,11H,10H2,1-2H3. The van der Waals surface area contributed by atoms with Crippen molar-refractivity contribution < 1.29 is 17.9 Å². The van der Waals surface area contributed by atoms with Crippen molar-refractivity contribution >= 4 is 11.3 Å². The number of ether oxygens (including phenoxy) is 1. The zero-order valence-electron chi connectivity index (χ0n) is 11.7. The van der Waals surface area contributed by atoms with Crippen LogP contribution in [0.15, 0.2) is 41.8 Å². The molecule has 0 aliphatic carbocycles. The minimum absolute atomic E-state index is 0.194. The van der Waals surface area contributed by atoms with E-state index in [-0.39, 0.29) is 11.8 Å². The van der Waals surface area contributed by atoms with Crippen LogP contribution in [-0.4, -0.2) is 18.3 Å². The van der Waals surface area contributed by atoms with Crippen LogP contribution < -0.4 is 4.74 Å². The molecule has 0 radical (unpaired) electrons. The lowest BCUT2D eigenvalue weighted by atomic mass is 10.1. The summed E-state index contributed by atoms with van der Waals surface area (Å²) in [7, 11) is 1.99. The molecule has 0 saturated carbocycles. The second-order valence-corrected chi connectivity index (χ2v) is 5.78. The molecular weight excluding hydrogens is 299 g/mol. The summed E-state index contributed by atoms with van der Waals surface area (Å²) in [6.45, 7) is 2.76. The fraction of sp³-hybridized carbons (Fsp3) is 0.333. The molecule has 2 aromatic rings. The molecule has 1 unspecified atom stereocenters. The molecule has 0 spiro atoms. The van der Waals surface area contributed by atoms with Gasteiger partial charge in [0, 0.05) is 17.5 Å². The van der Waals surface area contributed by atoms with Gasteiger partial charge in [0.2, 0.25) is 0 Å². The Kier molecular flexibility index (Phi) is 4.90. The molecule has 0 aliphatic rings. The van der Waals surface area contributed by atoms with Gasteiger partial charge in [-0.1, -0.05) is 18.2 Å². The molecule has 2 rings (SSSR count). The molecule has 1 aromatic heterocycles. The topological polar surface area (TPSA) is 12.5 Å². The number of nitrogens with zero attached hydrogens (tertiary/aromatic N) is 1. The highest BCUT2D eigenvalue weighted by Gasteiger charge is 2.30. The van der Waals surface area contributed by atoms with Crippen molar-refractivity contribution in [3.8, 4) is 5.75 Å². The smallest absolute Gasteiger partial charge is 0.406 e. The molecule has 1 atom stereocenters. The summed E-state index contributed by atoms with van der Waals surface area (Å²) in [6.07, 6.45) is -4.65. The van der Waals surface area contributed by atoms with E-state index in [1.807, 2.05) is 18.5 Å². The third-order valence-electron chi connectivity index (χ3n) is 3.21. The van der Waals surface area contributed by atoms with Gasteiger partial charge in [-0.25, -0.2) is 0 Å². The first-order chi connectivity index (χ1) is 9.85. The van der Waals surface area contributed by atoms with E-state index in [1.54, 1.807) is 23.5 Å². The first kappa shape index (κ1) is 15.9. The fourth-order valence-corrected chi connectivity index (χ4v) is 2.82. The van der Waals surface area contributed by atoms with Crippen LogP contribution in [0.3, 0.4) is 0 Å². The normalized spacial score (nSPS) is 13.4. The Labute approximate surface area is 125 Å². The zero-order chi connectivity index (χ0) is 15.5. The molecule has 0 amide bonds. The Balaban J connectivity index is 1.97. The van der Waals surface area contributed by atoms with Crippen molar-refractivity contribution in [3.63, 3.8) is 0 Å². The van der Waals surface area contributed by atoms with Crippen molar-refractivity contribution in [2.45, 2.75) is 25.9 Å². The van der Waals surface area contributed by atoms with Gasteiger partial charge in [0.05, 0.1) is 0 Å². The lowest BCUT2D eigenvalue weighted by Crippen LogP contribution is -2.21. The van der Waals surface area contributed by atoms with Gasteiger partial charge in [0.15, 0.2) is 0 Å². The summed E-state index contributed by atoms with van der Waals surface area (Å²) in [5, 5.41) is 2.03. The average Bonchev–Trinajstić information content (AvgIpc) is 2.92. The molecule has 1 aromatic carbocycles. The van der Waals surface area contributed by atoms with Gasteiger partial charge in [0.25, 0.3) is 0 Å². The fourth-order valence-electron chi connectivity index (χ4n) is 1.97. The molecule has 21 heavy (non-hydrogen) atoms. The third-order valence-corrected chi connectivity index (χ3v) is 4.25. The van der Waals surface area contributed by atoms with Gasteiger partial charge in [-0.3, -0.25) is 4.90 Å². The Hall–Kier alpha value is -1.53. The molecule has 0 fully saturated rings. The average molecular weight is 315 g/mol. The summed E-state index contributed by atoms with van der Waals surface area (Å²) in [4.78, 5) is 3.40. The molecule has 2 nitrogen and oxygen atoms in total. The predicted octanol–water partition coefficient (Wildman–Crippen LogP) is 4.84. The van der Waals surface area contributed by atoms with E-state index < -0.39 is 6.36 Å². The van der Waals surface area contributed by atoms with Crippen molar-refractivity contribution in [1.82, 2.24) is 4.90 Å². The number of thiophene rings is 1. The van der Waals surface area contributed by atoms with E-state index in [0.29, 0.717) is 6.54 Å². The van der Waals surface area contributed by atoms with Gasteiger partial charge in [-0.2, -0.15) is 0 Å². The SMILES string of the molecule is CC(c1cccs1)N(C)Cc1ccc(OC(F)(F)F)cc1. The second kappa shape index (κ2) is 6.49. The summed E-state index contributed by atoms with van der Waals surface area (Å²) in [5.74, 6) is -0.194. The van der Waals surface area contributed by atoms with Crippen LogP contribution in [-0.2, 0) is 6.54 Å². The molecule has 114 valence electrons. The molecule has 1 heterocycles. The molecule has 0 saturated heterocycles. The maximum absolute atomic E-state index is 12.1. The quantitative estimate of drug-likeness (QED) is 0.783. The molecule has 0 bridgehead atoms. The molecule has 0 aliphatic heterocycles. The Morgan fingerprint density at radius 2 is 1.86 bits per heavy atom. The second-order valence-electron chi connectivity index (χ2n) is 4.80. The molecule has 6 heteroatoms. The lowest BCUT2D eigenvalue weighted by molar-refractivity contribution is -0.274. The van der Waals surface area contributed by atoms with Crippen molar-refractivity contribution in [1.29, 1.82) is 0 Å². The minimum atomic E-state index is -4.65. The highest BCUT2D eigenvalue weighted by atomic mass is 32.1. The maximum atomic E-state index is 12.1. The van der Waals surface area contributed by atoms with Gasteiger partial charge in [-0.15, -0.1) is 24.5 Å². The summed E-state index contributed by atoms with van der Waals surface area (Å²) < 4.78 is 40.1. The van der Waals surface area contributed by atoms with Crippen LogP contribution in [0.5, 0.6) is 5.75 Å². The number of alkyl halides is 3. The lowest BCUT2D eigenvalue weighted by Gasteiger charge is -2.24. The van der Waals surface area contributed by atoms with E-state index in [0.717, 1.165) is 5.56 Å². The zero-order valence-corrected chi connectivity index (χ0v) is 12.5. The van der Waals surface area contributed by atoms with Crippen LogP contribution >= 0.6 is 11.3 Å². The molecule has 0 N–H and O–H groups in total. The van der Waals surface area contributed by atoms with Crippen molar-refractivity contribution in [3.05, 3.63) is 52.2 Å². The number of benzene rings is 1. The number of hydrogen-bond donors (Lipinski definition) is 0. The van der Waals surface area contributed by atoms with Crippen LogP contribution in [0.2, 0.25) is 0 Å². The van der Waals surface area contributed by atoms with Crippen LogP contribution in [0.4, 0.5) is 13.2 Å². The van der Waals surface area contributed by atoms with E-state index in [2.05, 4.69) is 22.6 Å². The van der Waals surface area contributed by atoms with Crippen molar-refractivity contribution in [2.24, 2.45) is 0 Å².